The van der Waals surface area contributed by atoms with Gasteiger partial charge in [0.15, 0.2) is 0 Å². The Bertz CT molecular complexity index is 149. The molecule has 0 heterocycles. The zero-order chi connectivity index (χ0) is 14.7. The summed E-state index contributed by atoms with van der Waals surface area (Å²) in [6.45, 7) is 8.19. The molecule has 1 N–H and O–H groups in total. The van der Waals surface area contributed by atoms with Crippen molar-refractivity contribution in [1.29, 1.82) is 0 Å². The van der Waals surface area contributed by atoms with E-state index in [9.17, 15) is 0 Å². The van der Waals surface area contributed by atoms with Gasteiger partial charge in [0.25, 0.3) is 0 Å². The summed E-state index contributed by atoms with van der Waals surface area (Å²) in [6, 6.07) is 0. The van der Waals surface area contributed by atoms with Crippen molar-refractivity contribution < 1.29 is 4.74 Å². The van der Waals surface area contributed by atoms with Crippen LogP contribution in [0.2, 0.25) is 0 Å². The molecule has 0 radical (unpaired) electrons. The Kier molecular flexibility index (Phi) is 25.1. The first-order valence-corrected chi connectivity index (χ1v) is 9.20. The highest BCUT2D eigenvalue weighted by Gasteiger charge is 1.93. The summed E-state index contributed by atoms with van der Waals surface area (Å²) in [6.07, 6.45) is 17.1. The van der Waals surface area contributed by atoms with Crippen LogP contribution in [0.25, 0.3) is 0 Å². The van der Waals surface area contributed by atoms with Gasteiger partial charge in [-0.25, -0.2) is 0 Å². The van der Waals surface area contributed by atoms with Gasteiger partial charge in [-0.15, -0.1) is 12.4 Å². The molecular weight excluding hydrogens is 282 g/mol. The van der Waals surface area contributed by atoms with E-state index in [2.05, 4.69) is 12.2 Å². The fourth-order valence-electron chi connectivity index (χ4n) is 2.50. The lowest BCUT2D eigenvalue weighted by molar-refractivity contribution is 0.149. The Labute approximate surface area is 140 Å². The number of ether oxygens (including phenoxy) is 1. The largest absolute Gasteiger partial charge is 0.380 e. The topological polar surface area (TPSA) is 21.3 Å². The maximum atomic E-state index is 5.28. The molecule has 2 nitrogen and oxygen atoms in total. The molecule has 0 saturated heterocycles. The maximum Gasteiger partial charge on any atom is 0.0590 e. The third kappa shape index (κ3) is 22.6. The number of hydrogen-bond acceptors (Lipinski definition) is 2. The molecule has 0 saturated carbocycles. The predicted molar refractivity (Wildman–Crippen MR) is 97.7 cm³/mol. The summed E-state index contributed by atoms with van der Waals surface area (Å²) < 4.78 is 5.28. The van der Waals surface area contributed by atoms with Gasteiger partial charge in [0.1, 0.15) is 0 Å². The van der Waals surface area contributed by atoms with Crippen molar-refractivity contribution in [2.24, 2.45) is 0 Å². The van der Waals surface area contributed by atoms with Crippen LogP contribution in [0.5, 0.6) is 0 Å². The van der Waals surface area contributed by atoms with Crippen LogP contribution >= 0.6 is 12.4 Å². The van der Waals surface area contributed by atoms with Crippen molar-refractivity contribution in [2.45, 2.75) is 90.9 Å². The molecule has 0 aromatic rings. The Morgan fingerprint density at radius 3 is 1.57 bits per heavy atom. The zero-order valence-corrected chi connectivity index (χ0v) is 15.4. The Morgan fingerprint density at radius 1 is 0.619 bits per heavy atom. The second kappa shape index (κ2) is 22.5. The molecule has 21 heavy (non-hydrogen) atoms. The lowest BCUT2D eigenvalue weighted by Crippen LogP contribution is -2.20. The van der Waals surface area contributed by atoms with Crippen molar-refractivity contribution in [2.75, 3.05) is 26.3 Å². The minimum Gasteiger partial charge on any atom is -0.380 e. The minimum atomic E-state index is 0. The van der Waals surface area contributed by atoms with Crippen LogP contribution in [0.15, 0.2) is 0 Å². The standard InChI is InChI=1S/C18H39NO.ClH/c1-3-5-6-7-8-9-10-11-12-13-14-15-16-19-17-18-20-4-2;/h19H,3-18H2,1-2H3;1H. The van der Waals surface area contributed by atoms with Crippen LogP contribution in [0.1, 0.15) is 90.9 Å². The van der Waals surface area contributed by atoms with E-state index in [1.165, 1.54) is 77.0 Å². The molecule has 0 aliphatic carbocycles. The SMILES string of the molecule is CCCCCCCCCCCCCCNCCOCC.Cl. The van der Waals surface area contributed by atoms with E-state index in [0.29, 0.717) is 0 Å². The Balaban J connectivity index is 0. The average molecular weight is 322 g/mol. The molecular formula is C18H40ClNO. The molecule has 0 spiro atoms. The molecule has 0 aromatic heterocycles. The van der Waals surface area contributed by atoms with Crippen LogP contribution in [0.4, 0.5) is 0 Å². The molecule has 0 aromatic carbocycles. The van der Waals surface area contributed by atoms with Gasteiger partial charge >= 0.3 is 0 Å². The Morgan fingerprint density at radius 2 is 1.10 bits per heavy atom. The summed E-state index contributed by atoms with van der Waals surface area (Å²) in [5.41, 5.74) is 0. The van der Waals surface area contributed by atoms with E-state index in [-0.39, 0.29) is 12.4 Å². The third-order valence-electron chi connectivity index (χ3n) is 3.83. The van der Waals surface area contributed by atoms with Crippen molar-refractivity contribution in [3.63, 3.8) is 0 Å². The van der Waals surface area contributed by atoms with Gasteiger partial charge in [-0.2, -0.15) is 0 Å². The monoisotopic (exact) mass is 321 g/mol. The van der Waals surface area contributed by atoms with E-state index in [4.69, 9.17) is 4.74 Å². The fraction of sp³-hybridized carbons (Fsp3) is 1.00. The number of halogens is 1. The summed E-state index contributed by atoms with van der Waals surface area (Å²) >= 11 is 0. The van der Waals surface area contributed by atoms with Gasteiger partial charge < -0.3 is 10.1 Å². The zero-order valence-electron chi connectivity index (χ0n) is 14.6. The molecule has 0 fully saturated rings. The van der Waals surface area contributed by atoms with E-state index < -0.39 is 0 Å². The normalized spacial score (nSPS) is 10.6. The first kappa shape index (κ1) is 23.5. The molecule has 0 unspecified atom stereocenters. The van der Waals surface area contributed by atoms with E-state index >= 15 is 0 Å². The summed E-state index contributed by atoms with van der Waals surface area (Å²) in [4.78, 5) is 0. The van der Waals surface area contributed by atoms with E-state index in [1.54, 1.807) is 0 Å². The van der Waals surface area contributed by atoms with Gasteiger partial charge in [-0.1, -0.05) is 77.6 Å². The molecule has 0 rings (SSSR count). The number of unbranched alkanes of at least 4 members (excludes halogenated alkanes) is 11. The first-order chi connectivity index (χ1) is 9.91. The summed E-state index contributed by atoms with van der Waals surface area (Å²) in [7, 11) is 0. The molecule has 0 aliphatic heterocycles. The smallest absolute Gasteiger partial charge is 0.0590 e. The second-order valence-corrected chi connectivity index (χ2v) is 5.84. The summed E-state index contributed by atoms with van der Waals surface area (Å²) in [5, 5.41) is 3.43. The van der Waals surface area contributed by atoms with Crippen molar-refractivity contribution >= 4 is 12.4 Å². The first-order valence-electron chi connectivity index (χ1n) is 9.20. The van der Waals surface area contributed by atoms with Crippen molar-refractivity contribution in [3.8, 4) is 0 Å². The third-order valence-corrected chi connectivity index (χ3v) is 3.83. The highest BCUT2D eigenvalue weighted by Crippen LogP contribution is 2.11. The van der Waals surface area contributed by atoms with Crippen LogP contribution in [-0.4, -0.2) is 26.3 Å². The quantitative estimate of drug-likeness (QED) is 0.345. The van der Waals surface area contributed by atoms with E-state index in [0.717, 1.165) is 26.3 Å². The molecule has 130 valence electrons. The number of rotatable bonds is 17. The van der Waals surface area contributed by atoms with Gasteiger partial charge in [0.05, 0.1) is 6.61 Å². The molecule has 0 bridgehead atoms. The van der Waals surface area contributed by atoms with Crippen molar-refractivity contribution in [1.82, 2.24) is 5.32 Å². The molecule has 3 heteroatoms. The number of nitrogens with one attached hydrogen (secondary N) is 1. The van der Waals surface area contributed by atoms with E-state index in [1.807, 2.05) is 6.92 Å². The molecule has 0 aliphatic rings. The van der Waals surface area contributed by atoms with Gasteiger partial charge in [0, 0.05) is 13.2 Å². The highest BCUT2D eigenvalue weighted by molar-refractivity contribution is 5.85. The molecule has 0 amide bonds. The van der Waals surface area contributed by atoms with Gasteiger partial charge in [-0.05, 0) is 19.9 Å². The van der Waals surface area contributed by atoms with Crippen LogP contribution in [0.3, 0.4) is 0 Å². The second-order valence-electron chi connectivity index (χ2n) is 5.84. The lowest BCUT2D eigenvalue weighted by atomic mass is 10.1. The maximum absolute atomic E-state index is 5.28. The Hall–Kier alpha value is 0.210. The lowest BCUT2D eigenvalue weighted by Gasteiger charge is -2.05. The van der Waals surface area contributed by atoms with Crippen molar-refractivity contribution in [3.05, 3.63) is 0 Å². The fourth-order valence-corrected chi connectivity index (χ4v) is 2.50. The average Bonchev–Trinajstić information content (AvgIpc) is 2.47. The minimum absolute atomic E-state index is 0. The van der Waals surface area contributed by atoms with Crippen LogP contribution in [-0.2, 0) is 4.74 Å². The van der Waals surface area contributed by atoms with Gasteiger partial charge in [0.2, 0.25) is 0 Å². The van der Waals surface area contributed by atoms with Gasteiger partial charge in [-0.3, -0.25) is 0 Å². The summed E-state index contributed by atoms with van der Waals surface area (Å²) in [5.74, 6) is 0. The highest BCUT2D eigenvalue weighted by atomic mass is 35.5. The molecule has 0 atom stereocenters. The predicted octanol–water partition coefficient (Wildman–Crippen LogP) is 5.74. The number of hydrogen-bond donors (Lipinski definition) is 1. The van der Waals surface area contributed by atoms with Crippen LogP contribution < -0.4 is 5.32 Å². The van der Waals surface area contributed by atoms with Crippen LogP contribution in [0, 0.1) is 0 Å².